The SMILES string of the molecule is COC(=O)C(C)(C)NC(=O)Nc1c(C)cccc1Cl. The van der Waals surface area contributed by atoms with Crippen molar-refractivity contribution in [1.29, 1.82) is 0 Å². The molecule has 0 bridgehead atoms. The first kappa shape index (κ1) is 15.3. The highest BCUT2D eigenvalue weighted by molar-refractivity contribution is 6.33. The average Bonchev–Trinajstić information content (AvgIpc) is 2.32. The molecule has 0 radical (unpaired) electrons. The quantitative estimate of drug-likeness (QED) is 0.839. The normalized spacial score (nSPS) is 10.8. The van der Waals surface area contributed by atoms with E-state index in [1.165, 1.54) is 7.11 Å². The number of rotatable bonds is 3. The van der Waals surface area contributed by atoms with E-state index >= 15 is 0 Å². The molecule has 0 unspecified atom stereocenters. The zero-order valence-electron chi connectivity index (χ0n) is 11.3. The lowest BCUT2D eigenvalue weighted by molar-refractivity contribution is -0.146. The van der Waals surface area contributed by atoms with Crippen LogP contribution in [0.2, 0.25) is 5.02 Å². The van der Waals surface area contributed by atoms with Crippen LogP contribution in [0.15, 0.2) is 18.2 Å². The van der Waals surface area contributed by atoms with Gasteiger partial charge in [-0.2, -0.15) is 0 Å². The minimum atomic E-state index is -1.12. The highest BCUT2D eigenvalue weighted by Crippen LogP contribution is 2.25. The van der Waals surface area contributed by atoms with Crippen LogP contribution in [0.1, 0.15) is 19.4 Å². The first-order valence-electron chi connectivity index (χ1n) is 5.70. The Hall–Kier alpha value is -1.75. The summed E-state index contributed by atoms with van der Waals surface area (Å²) in [6, 6.07) is 4.77. The van der Waals surface area contributed by atoms with Crippen LogP contribution in [0.5, 0.6) is 0 Å². The van der Waals surface area contributed by atoms with Crippen molar-refractivity contribution in [1.82, 2.24) is 5.32 Å². The van der Waals surface area contributed by atoms with Crippen molar-refractivity contribution in [3.63, 3.8) is 0 Å². The number of carbonyl (C=O) groups excluding carboxylic acids is 2. The fourth-order valence-electron chi connectivity index (χ4n) is 1.53. The van der Waals surface area contributed by atoms with Gasteiger partial charge >= 0.3 is 12.0 Å². The molecule has 0 aromatic heterocycles. The first-order chi connectivity index (χ1) is 8.77. The number of ether oxygens (including phenoxy) is 1. The Bertz CT molecular complexity index is 480. The molecular weight excluding hydrogens is 268 g/mol. The summed E-state index contributed by atoms with van der Waals surface area (Å²) in [6.45, 7) is 4.93. The molecule has 5 nitrogen and oxygen atoms in total. The van der Waals surface area contributed by atoms with Crippen molar-refractivity contribution in [3.8, 4) is 0 Å². The van der Waals surface area contributed by atoms with E-state index in [9.17, 15) is 9.59 Å². The van der Waals surface area contributed by atoms with Gasteiger partial charge in [-0.15, -0.1) is 0 Å². The minimum absolute atomic E-state index is 0.436. The summed E-state index contributed by atoms with van der Waals surface area (Å²) >= 11 is 6.00. The summed E-state index contributed by atoms with van der Waals surface area (Å²) in [4.78, 5) is 23.3. The van der Waals surface area contributed by atoms with Crippen LogP contribution in [0.4, 0.5) is 10.5 Å². The maximum atomic E-state index is 11.9. The predicted molar refractivity (Wildman–Crippen MR) is 74.4 cm³/mol. The van der Waals surface area contributed by atoms with Crippen molar-refractivity contribution >= 4 is 29.3 Å². The summed E-state index contributed by atoms with van der Waals surface area (Å²) in [5, 5.41) is 5.59. The number of aryl methyl sites for hydroxylation is 1. The number of nitrogens with one attached hydrogen (secondary N) is 2. The Kier molecular flexibility index (Phi) is 4.78. The third-order valence-corrected chi connectivity index (χ3v) is 2.90. The third kappa shape index (κ3) is 3.86. The molecule has 0 saturated heterocycles. The molecule has 0 aliphatic rings. The van der Waals surface area contributed by atoms with E-state index in [0.29, 0.717) is 10.7 Å². The van der Waals surface area contributed by atoms with Gasteiger partial charge in [-0.1, -0.05) is 23.7 Å². The maximum absolute atomic E-state index is 11.9. The average molecular weight is 285 g/mol. The Labute approximate surface area is 117 Å². The molecule has 104 valence electrons. The van der Waals surface area contributed by atoms with Crippen molar-refractivity contribution in [2.24, 2.45) is 0 Å². The van der Waals surface area contributed by atoms with Crippen LogP contribution in [-0.4, -0.2) is 24.6 Å². The van der Waals surface area contributed by atoms with Crippen molar-refractivity contribution < 1.29 is 14.3 Å². The minimum Gasteiger partial charge on any atom is -0.467 e. The fourth-order valence-corrected chi connectivity index (χ4v) is 1.79. The Morgan fingerprint density at radius 2 is 1.95 bits per heavy atom. The second kappa shape index (κ2) is 5.93. The second-order valence-corrected chi connectivity index (χ2v) is 5.03. The lowest BCUT2D eigenvalue weighted by atomic mass is 10.1. The molecule has 0 atom stereocenters. The Morgan fingerprint density at radius 3 is 2.47 bits per heavy atom. The monoisotopic (exact) mass is 284 g/mol. The first-order valence-corrected chi connectivity index (χ1v) is 6.08. The molecule has 0 aliphatic carbocycles. The van der Waals surface area contributed by atoms with E-state index in [-0.39, 0.29) is 0 Å². The number of carbonyl (C=O) groups is 2. The molecule has 19 heavy (non-hydrogen) atoms. The predicted octanol–water partition coefficient (Wildman–Crippen LogP) is 2.72. The number of hydrogen-bond donors (Lipinski definition) is 2. The number of hydrogen-bond acceptors (Lipinski definition) is 3. The lowest BCUT2D eigenvalue weighted by Crippen LogP contribution is -2.51. The van der Waals surface area contributed by atoms with Gasteiger partial charge in [0.05, 0.1) is 17.8 Å². The molecule has 2 N–H and O–H groups in total. The van der Waals surface area contributed by atoms with Crippen LogP contribution in [0, 0.1) is 6.92 Å². The summed E-state index contributed by atoms with van der Waals surface area (Å²) in [6.07, 6.45) is 0. The van der Waals surface area contributed by atoms with Crippen LogP contribution < -0.4 is 10.6 Å². The summed E-state index contributed by atoms with van der Waals surface area (Å²) in [5.41, 5.74) is 0.231. The van der Waals surface area contributed by atoms with Crippen LogP contribution in [0.3, 0.4) is 0 Å². The van der Waals surface area contributed by atoms with Crippen molar-refractivity contribution in [3.05, 3.63) is 28.8 Å². The van der Waals surface area contributed by atoms with Gasteiger partial charge in [-0.05, 0) is 32.4 Å². The lowest BCUT2D eigenvalue weighted by Gasteiger charge is -2.23. The highest BCUT2D eigenvalue weighted by atomic mass is 35.5. The number of esters is 1. The number of benzene rings is 1. The van der Waals surface area contributed by atoms with E-state index in [0.717, 1.165) is 5.56 Å². The Morgan fingerprint density at radius 1 is 1.32 bits per heavy atom. The van der Waals surface area contributed by atoms with E-state index in [1.54, 1.807) is 26.0 Å². The summed E-state index contributed by atoms with van der Waals surface area (Å²) < 4.78 is 4.61. The molecule has 1 aromatic rings. The second-order valence-electron chi connectivity index (χ2n) is 4.63. The van der Waals surface area contributed by atoms with Gasteiger partial charge in [0.2, 0.25) is 0 Å². The number of urea groups is 1. The van der Waals surface area contributed by atoms with E-state index in [1.807, 2.05) is 13.0 Å². The van der Waals surface area contributed by atoms with Crippen LogP contribution in [-0.2, 0) is 9.53 Å². The van der Waals surface area contributed by atoms with Gasteiger partial charge in [-0.25, -0.2) is 9.59 Å². The maximum Gasteiger partial charge on any atom is 0.331 e. The molecule has 2 amide bonds. The van der Waals surface area contributed by atoms with Crippen molar-refractivity contribution in [2.75, 3.05) is 12.4 Å². The van der Waals surface area contributed by atoms with Crippen LogP contribution >= 0.6 is 11.6 Å². The Balaban J connectivity index is 2.79. The highest BCUT2D eigenvalue weighted by Gasteiger charge is 2.30. The number of para-hydroxylation sites is 1. The molecule has 0 fully saturated rings. The number of halogens is 1. The summed E-state index contributed by atoms with van der Waals surface area (Å²) in [5.74, 6) is -0.529. The molecule has 6 heteroatoms. The molecule has 0 heterocycles. The van der Waals surface area contributed by atoms with Gasteiger partial charge in [-0.3, -0.25) is 0 Å². The van der Waals surface area contributed by atoms with Gasteiger partial charge in [0.25, 0.3) is 0 Å². The summed E-state index contributed by atoms with van der Waals surface area (Å²) in [7, 11) is 1.27. The molecule has 0 saturated carbocycles. The molecule has 1 rings (SSSR count). The topological polar surface area (TPSA) is 67.4 Å². The zero-order chi connectivity index (χ0) is 14.6. The number of anilines is 1. The molecular formula is C13H17ClN2O3. The largest absolute Gasteiger partial charge is 0.467 e. The van der Waals surface area contributed by atoms with E-state index < -0.39 is 17.5 Å². The van der Waals surface area contributed by atoms with Crippen molar-refractivity contribution in [2.45, 2.75) is 26.3 Å². The van der Waals surface area contributed by atoms with E-state index in [4.69, 9.17) is 11.6 Å². The smallest absolute Gasteiger partial charge is 0.331 e. The van der Waals surface area contributed by atoms with Crippen LogP contribution in [0.25, 0.3) is 0 Å². The van der Waals surface area contributed by atoms with Gasteiger partial charge < -0.3 is 15.4 Å². The van der Waals surface area contributed by atoms with E-state index in [2.05, 4.69) is 15.4 Å². The molecule has 1 aromatic carbocycles. The molecule has 0 aliphatic heterocycles. The van der Waals surface area contributed by atoms with Gasteiger partial charge in [0.15, 0.2) is 0 Å². The third-order valence-electron chi connectivity index (χ3n) is 2.58. The number of amides is 2. The van der Waals surface area contributed by atoms with Gasteiger partial charge in [0.1, 0.15) is 5.54 Å². The molecule has 0 spiro atoms. The standard InChI is InChI=1S/C13H17ClN2O3/c1-8-6-5-7-9(14)10(8)15-12(18)16-13(2,3)11(17)19-4/h5-7H,1-4H3,(H2,15,16,18). The fraction of sp³-hybridized carbons (Fsp3) is 0.385. The zero-order valence-corrected chi connectivity index (χ0v) is 12.1. The number of methoxy groups -OCH3 is 1. The van der Waals surface area contributed by atoms with Gasteiger partial charge in [0, 0.05) is 0 Å².